The first-order valence-electron chi connectivity index (χ1n) is 10.6. The lowest BCUT2D eigenvalue weighted by Gasteiger charge is -2.26. The zero-order valence-corrected chi connectivity index (χ0v) is 18.1. The molecule has 1 saturated carbocycles. The van der Waals surface area contributed by atoms with Gasteiger partial charge in [-0.15, -0.1) is 0 Å². The number of hydrogen-bond acceptors (Lipinski definition) is 7. The summed E-state index contributed by atoms with van der Waals surface area (Å²) in [7, 11) is 2.93. The number of ether oxygens (including phenoxy) is 4. The van der Waals surface area contributed by atoms with Gasteiger partial charge in [-0.1, -0.05) is 19.3 Å². The van der Waals surface area contributed by atoms with Gasteiger partial charge >= 0.3 is 5.97 Å². The maximum absolute atomic E-state index is 12.8. The van der Waals surface area contributed by atoms with Crippen LogP contribution in [0, 0.1) is 5.92 Å². The van der Waals surface area contributed by atoms with E-state index in [0.717, 1.165) is 32.1 Å². The van der Waals surface area contributed by atoms with Gasteiger partial charge < -0.3 is 29.2 Å². The number of nitrogens with zero attached hydrogens (tertiary/aromatic N) is 1. The third kappa shape index (κ3) is 5.88. The fourth-order valence-electron chi connectivity index (χ4n) is 3.86. The molecule has 2 amide bonds. The molecular weight excluding hydrogens is 404 g/mol. The first-order valence-corrected chi connectivity index (χ1v) is 10.6. The van der Waals surface area contributed by atoms with E-state index in [1.807, 2.05) is 0 Å². The number of anilines is 1. The molecule has 1 saturated heterocycles. The minimum absolute atomic E-state index is 0.0892. The SMILES string of the molecule is COc1cc(NC(=O)C2CCCCC2)c(C(=O)OCC(=O)N2CCOCC2)cc1OC. The van der Waals surface area contributed by atoms with Crippen LogP contribution in [0.15, 0.2) is 12.1 Å². The molecule has 0 radical (unpaired) electrons. The molecule has 9 nitrogen and oxygen atoms in total. The van der Waals surface area contributed by atoms with Crippen molar-refractivity contribution in [2.24, 2.45) is 5.92 Å². The third-order valence-corrected chi connectivity index (χ3v) is 5.67. The van der Waals surface area contributed by atoms with E-state index in [0.29, 0.717) is 37.8 Å². The summed E-state index contributed by atoms with van der Waals surface area (Å²) < 4.78 is 21.1. The Morgan fingerprint density at radius 2 is 1.68 bits per heavy atom. The first kappa shape index (κ1) is 22.9. The lowest BCUT2D eigenvalue weighted by molar-refractivity contribution is -0.138. The number of amides is 2. The highest BCUT2D eigenvalue weighted by Gasteiger charge is 2.26. The Hall–Kier alpha value is -2.81. The zero-order chi connectivity index (χ0) is 22.2. The molecule has 1 N–H and O–H groups in total. The Morgan fingerprint density at radius 1 is 1.03 bits per heavy atom. The monoisotopic (exact) mass is 434 g/mol. The van der Waals surface area contributed by atoms with E-state index in [1.165, 1.54) is 20.3 Å². The predicted molar refractivity (Wildman–Crippen MR) is 112 cm³/mol. The number of carbonyl (C=O) groups is 3. The van der Waals surface area contributed by atoms with Crippen molar-refractivity contribution in [3.63, 3.8) is 0 Å². The topological polar surface area (TPSA) is 103 Å². The van der Waals surface area contributed by atoms with Gasteiger partial charge in [0, 0.05) is 31.1 Å². The number of morpholine rings is 1. The fourth-order valence-corrected chi connectivity index (χ4v) is 3.86. The molecule has 1 aliphatic carbocycles. The van der Waals surface area contributed by atoms with Crippen molar-refractivity contribution in [1.82, 2.24) is 4.90 Å². The van der Waals surface area contributed by atoms with Gasteiger partial charge in [0.15, 0.2) is 18.1 Å². The molecule has 0 bridgehead atoms. The van der Waals surface area contributed by atoms with Gasteiger partial charge in [0.1, 0.15) is 0 Å². The van der Waals surface area contributed by atoms with Crippen molar-refractivity contribution >= 4 is 23.5 Å². The van der Waals surface area contributed by atoms with Gasteiger partial charge in [-0.3, -0.25) is 9.59 Å². The number of nitrogens with one attached hydrogen (secondary N) is 1. The van der Waals surface area contributed by atoms with Crippen molar-refractivity contribution in [2.75, 3.05) is 52.4 Å². The molecule has 1 aliphatic heterocycles. The van der Waals surface area contributed by atoms with Gasteiger partial charge in [-0.2, -0.15) is 0 Å². The Morgan fingerprint density at radius 3 is 2.32 bits per heavy atom. The maximum atomic E-state index is 12.8. The number of benzene rings is 1. The molecule has 0 spiro atoms. The number of esters is 1. The molecule has 0 unspecified atom stereocenters. The molecular formula is C22H30N2O7. The molecule has 1 aromatic rings. The summed E-state index contributed by atoms with van der Waals surface area (Å²) in [6.45, 7) is 1.48. The number of carbonyl (C=O) groups excluding carboxylic acids is 3. The van der Waals surface area contributed by atoms with Crippen molar-refractivity contribution in [2.45, 2.75) is 32.1 Å². The van der Waals surface area contributed by atoms with Crippen LogP contribution in [0.1, 0.15) is 42.5 Å². The number of methoxy groups -OCH3 is 2. The second-order valence-corrected chi connectivity index (χ2v) is 7.65. The van der Waals surface area contributed by atoms with E-state index in [-0.39, 0.29) is 35.6 Å². The first-order chi connectivity index (χ1) is 15.0. The summed E-state index contributed by atoms with van der Waals surface area (Å²) in [5, 5.41) is 2.85. The third-order valence-electron chi connectivity index (χ3n) is 5.67. The molecule has 1 heterocycles. The van der Waals surface area contributed by atoms with Crippen LogP contribution >= 0.6 is 0 Å². The molecule has 1 aromatic carbocycles. The van der Waals surface area contributed by atoms with Crippen LogP contribution in [0.2, 0.25) is 0 Å². The van der Waals surface area contributed by atoms with E-state index in [9.17, 15) is 14.4 Å². The van der Waals surface area contributed by atoms with Gasteiger partial charge in [-0.25, -0.2) is 4.79 Å². The van der Waals surface area contributed by atoms with E-state index in [4.69, 9.17) is 18.9 Å². The van der Waals surface area contributed by atoms with Crippen molar-refractivity contribution in [1.29, 1.82) is 0 Å². The van der Waals surface area contributed by atoms with Crippen LogP contribution in [0.4, 0.5) is 5.69 Å². The molecule has 2 fully saturated rings. The number of hydrogen-bond donors (Lipinski definition) is 1. The Balaban J connectivity index is 1.75. The molecule has 0 atom stereocenters. The van der Waals surface area contributed by atoms with Gasteiger partial charge in [0.05, 0.1) is 38.7 Å². The van der Waals surface area contributed by atoms with Crippen LogP contribution in [-0.4, -0.2) is 69.8 Å². The van der Waals surface area contributed by atoms with Crippen LogP contribution in [0.25, 0.3) is 0 Å². The summed E-state index contributed by atoms with van der Waals surface area (Å²) in [6.07, 6.45) is 4.82. The smallest absolute Gasteiger partial charge is 0.340 e. The summed E-state index contributed by atoms with van der Waals surface area (Å²) >= 11 is 0. The highest BCUT2D eigenvalue weighted by Crippen LogP contribution is 2.35. The molecule has 2 aliphatic rings. The molecule has 9 heteroatoms. The molecule has 0 aromatic heterocycles. The quantitative estimate of drug-likeness (QED) is 0.657. The Bertz CT molecular complexity index is 799. The number of rotatable bonds is 7. The average Bonchev–Trinajstić information content (AvgIpc) is 2.83. The molecule has 31 heavy (non-hydrogen) atoms. The van der Waals surface area contributed by atoms with E-state index < -0.39 is 5.97 Å². The lowest BCUT2D eigenvalue weighted by Crippen LogP contribution is -2.42. The fraction of sp³-hybridized carbons (Fsp3) is 0.591. The van der Waals surface area contributed by atoms with E-state index in [1.54, 1.807) is 11.0 Å². The summed E-state index contributed by atoms with van der Waals surface area (Å²) in [5.41, 5.74) is 0.383. The normalized spacial score (nSPS) is 17.0. The average molecular weight is 434 g/mol. The van der Waals surface area contributed by atoms with Crippen LogP contribution < -0.4 is 14.8 Å². The van der Waals surface area contributed by atoms with E-state index in [2.05, 4.69) is 5.32 Å². The van der Waals surface area contributed by atoms with Crippen LogP contribution in [0.5, 0.6) is 11.5 Å². The standard InChI is InChI=1S/C22H30N2O7/c1-28-18-12-16(22(27)31-14-20(25)24-8-10-30-11-9-24)17(13-19(18)29-2)23-21(26)15-6-4-3-5-7-15/h12-13,15H,3-11,14H2,1-2H3,(H,23,26). The van der Waals surface area contributed by atoms with Crippen molar-refractivity contribution in [3.05, 3.63) is 17.7 Å². The highest BCUT2D eigenvalue weighted by molar-refractivity contribution is 6.03. The second-order valence-electron chi connectivity index (χ2n) is 7.65. The maximum Gasteiger partial charge on any atom is 0.340 e. The predicted octanol–water partition coefficient (Wildman–Crippen LogP) is 2.24. The minimum atomic E-state index is -0.721. The summed E-state index contributed by atoms with van der Waals surface area (Å²) in [5.74, 6) is -0.530. The van der Waals surface area contributed by atoms with Gasteiger partial charge in [0.2, 0.25) is 5.91 Å². The lowest BCUT2D eigenvalue weighted by atomic mass is 9.88. The zero-order valence-electron chi connectivity index (χ0n) is 18.1. The van der Waals surface area contributed by atoms with Gasteiger partial charge in [-0.05, 0) is 12.8 Å². The largest absolute Gasteiger partial charge is 0.493 e. The van der Waals surface area contributed by atoms with Crippen molar-refractivity contribution < 1.29 is 33.3 Å². The molecule has 170 valence electrons. The van der Waals surface area contributed by atoms with Crippen molar-refractivity contribution in [3.8, 4) is 11.5 Å². The van der Waals surface area contributed by atoms with E-state index >= 15 is 0 Å². The molecule has 3 rings (SSSR count). The minimum Gasteiger partial charge on any atom is -0.493 e. The summed E-state index contributed by atoms with van der Waals surface area (Å²) in [4.78, 5) is 39.5. The van der Waals surface area contributed by atoms with Crippen LogP contribution in [-0.2, 0) is 19.1 Å². The Kier molecular flexibility index (Phi) is 8.11. The highest BCUT2D eigenvalue weighted by atomic mass is 16.5. The Labute approximate surface area is 182 Å². The van der Waals surface area contributed by atoms with Crippen LogP contribution in [0.3, 0.4) is 0 Å². The second kappa shape index (κ2) is 11.0. The summed E-state index contributed by atoms with van der Waals surface area (Å²) in [6, 6.07) is 3.00. The van der Waals surface area contributed by atoms with Gasteiger partial charge in [0.25, 0.3) is 5.91 Å².